The molecule has 16 heavy (non-hydrogen) atoms. The molecule has 1 heterocycles. The number of amides is 2. The predicted molar refractivity (Wildman–Crippen MR) is 53.8 cm³/mol. The van der Waals surface area contributed by atoms with Gasteiger partial charge in [0.05, 0.1) is 19.4 Å². The Bertz CT molecular complexity index is 280. The summed E-state index contributed by atoms with van der Waals surface area (Å²) in [6, 6.07) is -0.486. The fraction of sp³-hybridized carbons (Fsp3) is 0.714. The molecular formula is C7H16N4O5. The summed E-state index contributed by atoms with van der Waals surface area (Å²) in [7, 11) is 1.25. The first kappa shape index (κ1) is 14.7. The maximum atomic E-state index is 11.3. The lowest BCUT2D eigenvalue weighted by atomic mass is 10.4. The van der Waals surface area contributed by atoms with Crippen LogP contribution in [0.4, 0.5) is 4.79 Å². The molecule has 0 aromatic carbocycles. The van der Waals surface area contributed by atoms with E-state index in [1.165, 1.54) is 14.0 Å². The first-order chi connectivity index (χ1) is 6.94. The summed E-state index contributed by atoms with van der Waals surface area (Å²) in [5.41, 5.74) is 5.37. The molecular weight excluding hydrogens is 220 g/mol. The minimum absolute atomic E-state index is 0. The highest BCUT2D eigenvalue weighted by Crippen LogP contribution is 2.04. The molecule has 0 aromatic rings. The summed E-state index contributed by atoms with van der Waals surface area (Å²) in [4.78, 5) is 20.1. The first-order valence-electron chi connectivity index (χ1n) is 4.27. The van der Waals surface area contributed by atoms with Gasteiger partial charge in [0.15, 0.2) is 0 Å². The lowest BCUT2D eigenvalue weighted by molar-refractivity contribution is -0.419. The van der Waals surface area contributed by atoms with Gasteiger partial charge < -0.3 is 10.6 Å². The van der Waals surface area contributed by atoms with Crippen LogP contribution in [0.1, 0.15) is 13.8 Å². The van der Waals surface area contributed by atoms with Crippen LogP contribution in [0.2, 0.25) is 0 Å². The second-order valence-corrected chi connectivity index (χ2v) is 3.19. The number of urea groups is 1. The number of carbonyl (C=O) groups is 1. The fourth-order valence-electron chi connectivity index (χ4n) is 1.06. The predicted octanol–water partition coefficient (Wildman–Crippen LogP) is -1.69. The molecule has 9 heteroatoms. The van der Waals surface area contributed by atoms with Crippen LogP contribution in [0.25, 0.3) is 0 Å². The smallest absolute Gasteiger partial charge is 0.352 e. The third-order valence-corrected chi connectivity index (χ3v) is 1.56. The van der Waals surface area contributed by atoms with Gasteiger partial charge in [0.25, 0.3) is 5.91 Å². The van der Waals surface area contributed by atoms with Crippen molar-refractivity contribution in [1.82, 2.24) is 15.9 Å². The Kier molecular flexibility index (Phi) is 5.27. The second kappa shape index (κ2) is 5.72. The molecule has 94 valence electrons. The van der Waals surface area contributed by atoms with E-state index in [0.29, 0.717) is 5.71 Å². The molecule has 1 unspecified atom stereocenters. The molecule has 0 saturated carbocycles. The van der Waals surface area contributed by atoms with Gasteiger partial charge in [0, 0.05) is 6.92 Å². The summed E-state index contributed by atoms with van der Waals surface area (Å²) < 4.78 is 0. The number of rotatable bonds is 4. The molecule has 1 aliphatic heterocycles. The number of hydrazone groups is 1. The van der Waals surface area contributed by atoms with E-state index >= 15 is 0 Å². The van der Waals surface area contributed by atoms with Gasteiger partial charge in [-0.3, -0.25) is 0 Å². The van der Waals surface area contributed by atoms with Crippen LogP contribution in [0.5, 0.6) is 0 Å². The Labute approximate surface area is 92.2 Å². The van der Waals surface area contributed by atoms with E-state index in [9.17, 15) is 9.90 Å². The zero-order chi connectivity index (χ0) is 11.5. The average molecular weight is 236 g/mol. The van der Waals surface area contributed by atoms with Crippen molar-refractivity contribution < 1.29 is 25.2 Å². The number of hydrazine groups is 1. The Morgan fingerprint density at radius 2 is 2.31 bits per heavy atom. The van der Waals surface area contributed by atoms with Gasteiger partial charge in [-0.05, 0) is 6.92 Å². The van der Waals surface area contributed by atoms with Crippen molar-refractivity contribution in [3.63, 3.8) is 0 Å². The Balaban J connectivity index is 0.00000225. The van der Waals surface area contributed by atoms with Crippen LogP contribution in [-0.4, -0.2) is 46.9 Å². The molecule has 9 nitrogen and oxygen atoms in total. The summed E-state index contributed by atoms with van der Waals surface area (Å²) in [6.45, 7) is 3.28. The monoisotopic (exact) mass is 236 g/mol. The molecule has 0 saturated heterocycles. The Morgan fingerprint density at radius 1 is 1.69 bits per heavy atom. The molecule has 5 N–H and O–H groups in total. The summed E-state index contributed by atoms with van der Waals surface area (Å²) in [6.07, 6.45) is 0. The van der Waals surface area contributed by atoms with Crippen LogP contribution < -0.4 is 10.9 Å². The zero-order valence-electron chi connectivity index (χ0n) is 9.27. The molecule has 0 fully saturated rings. The van der Waals surface area contributed by atoms with Crippen molar-refractivity contribution in [1.29, 1.82) is 0 Å². The van der Waals surface area contributed by atoms with Crippen molar-refractivity contribution in [2.75, 3.05) is 13.7 Å². The van der Waals surface area contributed by atoms with E-state index in [2.05, 4.69) is 25.7 Å². The largest absolute Gasteiger partial charge is 0.412 e. The minimum Gasteiger partial charge on any atom is -0.412 e. The van der Waals surface area contributed by atoms with Gasteiger partial charge in [-0.2, -0.15) is 15.4 Å². The number of nitrogens with zero attached hydrogens (tertiary/aromatic N) is 2. The summed E-state index contributed by atoms with van der Waals surface area (Å²) in [5, 5.41) is 14.4. The van der Waals surface area contributed by atoms with Crippen molar-refractivity contribution >= 4 is 11.7 Å². The van der Waals surface area contributed by atoms with E-state index < -0.39 is 11.9 Å². The van der Waals surface area contributed by atoms with E-state index in [-0.39, 0.29) is 12.0 Å². The second-order valence-electron chi connectivity index (χ2n) is 3.19. The topological polar surface area (TPSA) is 127 Å². The fourth-order valence-corrected chi connectivity index (χ4v) is 1.06. The number of hydrogen-bond acceptors (Lipinski definition) is 6. The van der Waals surface area contributed by atoms with E-state index in [1.54, 1.807) is 6.92 Å². The molecule has 1 rings (SSSR count). The van der Waals surface area contributed by atoms with Crippen LogP contribution in [0.15, 0.2) is 5.10 Å². The quantitative estimate of drug-likeness (QED) is 0.305. The highest BCUT2D eigenvalue weighted by molar-refractivity contribution is 5.91. The van der Waals surface area contributed by atoms with Crippen molar-refractivity contribution in [3.8, 4) is 0 Å². The highest BCUT2D eigenvalue weighted by Gasteiger charge is 2.29. The summed E-state index contributed by atoms with van der Waals surface area (Å²) >= 11 is 0. The minimum atomic E-state index is -1.79. The molecule has 0 aromatic heterocycles. The standard InChI is InChI=1S/C7H14N4O4.H2O/c1-5-4-11(6(12)9-8-5)10-7(2,13)15-14-3;/h10,13H,4H2,1-3H3,(H,9,12);1H2. The molecule has 0 radical (unpaired) electrons. The molecule has 1 atom stereocenters. The van der Waals surface area contributed by atoms with Crippen molar-refractivity contribution in [2.24, 2.45) is 5.10 Å². The van der Waals surface area contributed by atoms with Crippen molar-refractivity contribution in [3.05, 3.63) is 0 Å². The maximum absolute atomic E-state index is 11.3. The molecule has 0 bridgehead atoms. The van der Waals surface area contributed by atoms with Crippen LogP contribution in [-0.2, 0) is 9.78 Å². The van der Waals surface area contributed by atoms with Gasteiger partial charge in [0.2, 0.25) is 0 Å². The molecule has 0 spiro atoms. The third kappa shape index (κ3) is 4.08. The van der Waals surface area contributed by atoms with Gasteiger partial charge in [-0.25, -0.2) is 20.1 Å². The van der Waals surface area contributed by atoms with Gasteiger partial charge in [0.1, 0.15) is 0 Å². The number of hydrogen-bond donors (Lipinski definition) is 3. The zero-order valence-corrected chi connectivity index (χ0v) is 9.27. The molecule has 1 aliphatic rings. The third-order valence-electron chi connectivity index (χ3n) is 1.56. The number of aliphatic hydroxyl groups is 1. The number of carbonyl (C=O) groups excluding carboxylic acids is 1. The normalized spacial score (nSPS) is 19.4. The Hall–Kier alpha value is -1.26. The van der Waals surface area contributed by atoms with Crippen molar-refractivity contribution in [2.45, 2.75) is 19.8 Å². The van der Waals surface area contributed by atoms with Gasteiger partial charge >= 0.3 is 6.03 Å². The molecule has 2 amide bonds. The first-order valence-corrected chi connectivity index (χ1v) is 4.27. The lowest BCUT2D eigenvalue weighted by Gasteiger charge is -2.32. The maximum Gasteiger partial charge on any atom is 0.352 e. The van der Waals surface area contributed by atoms with E-state index in [0.717, 1.165) is 5.01 Å². The number of nitrogens with one attached hydrogen (secondary N) is 2. The van der Waals surface area contributed by atoms with E-state index in [4.69, 9.17) is 0 Å². The lowest BCUT2D eigenvalue weighted by Crippen LogP contribution is -2.60. The Morgan fingerprint density at radius 3 is 2.88 bits per heavy atom. The van der Waals surface area contributed by atoms with Gasteiger partial charge in [-0.15, -0.1) is 0 Å². The summed E-state index contributed by atoms with van der Waals surface area (Å²) in [5.74, 6) is -1.79. The van der Waals surface area contributed by atoms with Crippen LogP contribution in [0, 0.1) is 0 Å². The highest BCUT2D eigenvalue weighted by atomic mass is 17.2. The van der Waals surface area contributed by atoms with Gasteiger partial charge in [-0.1, -0.05) is 0 Å². The SMILES string of the molecule is COOC(C)(O)NN1CC(C)=NNC1=O.O. The molecule has 0 aliphatic carbocycles. The average Bonchev–Trinajstić information content (AvgIpc) is 2.10. The van der Waals surface area contributed by atoms with Crippen LogP contribution >= 0.6 is 0 Å². The van der Waals surface area contributed by atoms with E-state index in [1.807, 2.05) is 0 Å². The van der Waals surface area contributed by atoms with Crippen LogP contribution in [0.3, 0.4) is 0 Å².